The third kappa shape index (κ3) is 4.91. The molecule has 0 amide bonds. The van der Waals surface area contributed by atoms with E-state index in [1.807, 2.05) is 43.0 Å². The maximum atomic E-state index is 9.42. The summed E-state index contributed by atoms with van der Waals surface area (Å²) in [5, 5.41) is 9.42. The summed E-state index contributed by atoms with van der Waals surface area (Å²) in [5.74, 6) is 4.29. The van der Waals surface area contributed by atoms with Gasteiger partial charge in [0.25, 0.3) is 0 Å². The number of nitriles is 1. The minimum atomic E-state index is 0.706. The van der Waals surface area contributed by atoms with Gasteiger partial charge in [-0.3, -0.25) is 0 Å². The summed E-state index contributed by atoms with van der Waals surface area (Å²) < 4.78 is 0. The highest BCUT2D eigenvalue weighted by atomic mass is 32.2. The predicted molar refractivity (Wildman–Crippen MR) is 130 cm³/mol. The van der Waals surface area contributed by atoms with Crippen LogP contribution in [-0.4, -0.2) is 34.6 Å². The van der Waals surface area contributed by atoms with Gasteiger partial charge >= 0.3 is 0 Å². The van der Waals surface area contributed by atoms with Crippen molar-refractivity contribution in [2.45, 2.75) is 33.1 Å². The lowest BCUT2D eigenvalue weighted by Gasteiger charge is -2.30. The van der Waals surface area contributed by atoms with Crippen LogP contribution >= 0.6 is 11.8 Å². The van der Waals surface area contributed by atoms with Crippen molar-refractivity contribution in [1.82, 2.24) is 9.97 Å². The molecule has 0 aliphatic carbocycles. The lowest BCUT2D eigenvalue weighted by Crippen LogP contribution is -2.34. The molecule has 1 aliphatic rings. The SMILES string of the molecule is CCCc1nc(C)nc(N2CCSCC2)c1Cc1ccc(-c2ccccc2C#N)cc1. The Labute approximate surface area is 189 Å². The highest BCUT2D eigenvalue weighted by molar-refractivity contribution is 7.99. The van der Waals surface area contributed by atoms with E-state index in [9.17, 15) is 5.26 Å². The maximum absolute atomic E-state index is 9.42. The fraction of sp³-hybridized carbons (Fsp3) is 0.346. The van der Waals surface area contributed by atoms with Crippen LogP contribution in [0.2, 0.25) is 0 Å². The number of nitrogens with zero attached hydrogens (tertiary/aromatic N) is 4. The van der Waals surface area contributed by atoms with Gasteiger partial charge in [0.1, 0.15) is 11.6 Å². The van der Waals surface area contributed by atoms with Gasteiger partial charge in [0.15, 0.2) is 0 Å². The van der Waals surface area contributed by atoms with Crippen LogP contribution in [0.3, 0.4) is 0 Å². The van der Waals surface area contributed by atoms with Crippen LogP contribution in [0.5, 0.6) is 0 Å². The summed E-state index contributed by atoms with van der Waals surface area (Å²) in [6, 6.07) is 18.7. The summed E-state index contributed by atoms with van der Waals surface area (Å²) in [5.41, 5.74) is 6.46. The van der Waals surface area contributed by atoms with Crippen molar-refractivity contribution >= 4 is 17.6 Å². The van der Waals surface area contributed by atoms with Crippen molar-refractivity contribution < 1.29 is 0 Å². The van der Waals surface area contributed by atoms with Crippen molar-refractivity contribution in [2.75, 3.05) is 29.5 Å². The molecule has 0 saturated carbocycles. The Morgan fingerprint density at radius 3 is 2.48 bits per heavy atom. The minimum Gasteiger partial charge on any atom is -0.355 e. The van der Waals surface area contributed by atoms with Crippen LogP contribution in [-0.2, 0) is 12.8 Å². The molecule has 5 heteroatoms. The second-order valence-corrected chi connectivity index (χ2v) is 9.12. The Balaban J connectivity index is 1.67. The molecule has 0 radical (unpaired) electrons. The van der Waals surface area contributed by atoms with Crippen LogP contribution in [0.25, 0.3) is 11.1 Å². The Morgan fingerprint density at radius 2 is 1.77 bits per heavy atom. The molecule has 4 rings (SSSR count). The molecule has 2 aromatic carbocycles. The van der Waals surface area contributed by atoms with E-state index in [0.29, 0.717) is 5.56 Å². The van der Waals surface area contributed by atoms with Crippen LogP contribution in [0.1, 0.15) is 41.6 Å². The van der Waals surface area contributed by atoms with Crippen LogP contribution in [0.4, 0.5) is 5.82 Å². The first-order valence-corrected chi connectivity index (χ1v) is 12.1. The number of anilines is 1. The average molecular weight is 429 g/mol. The summed E-state index contributed by atoms with van der Waals surface area (Å²) in [6.07, 6.45) is 2.87. The molecule has 31 heavy (non-hydrogen) atoms. The van der Waals surface area contributed by atoms with Gasteiger partial charge in [0, 0.05) is 42.3 Å². The van der Waals surface area contributed by atoms with Gasteiger partial charge in [-0.05, 0) is 36.1 Å². The second kappa shape index (κ2) is 9.98. The van der Waals surface area contributed by atoms with Crippen molar-refractivity contribution in [3.8, 4) is 17.2 Å². The number of aryl methyl sites for hydroxylation is 2. The zero-order valence-corrected chi connectivity index (χ0v) is 19.1. The number of aromatic nitrogens is 2. The standard InChI is InChI=1S/C26H28N4S/c1-3-6-25-24(26(29-19(2)28-25)30-13-15-31-16-14-30)17-20-9-11-21(12-10-20)23-8-5-4-7-22(23)18-27/h4-5,7-12H,3,6,13-17H2,1-2H3. The Morgan fingerprint density at radius 1 is 1.03 bits per heavy atom. The van der Waals surface area contributed by atoms with Crippen LogP contribution in [0.15, 0.2) is 48.5 Å². The Bertz CT molecular complexity index is 1080. The molecular formula is C26H28N4S. The van der Waals surface area contributed by atoms with Gasteiger partial charge in [0.2, 0.25) is 0 Å². The zero-order chi connectivity index (χ0) is 21.6. The highest BCUT2D eigenvalue weighted by Gasteiger charge is 2.20. The number of hydrogen-bond donors (Lipinski definition) is 0. The van der Waals surface area contributed by atoms with E-state index in [4.69, 9.17) is 9.97 Å². The molecule has 4 nitrogen and oxygen atoms in total. The molecule has 1 fully saturated rings. The van der Waals surface area contributed by atoms with Gasteiger partial charge in [-0.1, -0.05) is 55.8 Å². The summed E-state index contributed by atoms with van der Waals surface area (Å²) in [7, 11) is 0. The first-order chi connectivity index (χ1) is 15.2. The maximum Gasteiger partial charge on any atom is 0.136 e. The summed E-state index contributed by atoms with van der Waals surface area (Å²) in [6.45, 7) is 6.31. The molecular weight excluding hydrogens is 400 g/mol. The fourth-order valence-corrected chi connectivity index (χ4v) is 5.04. The molecule has 0 atom stereocenters. The smallest absolute Gasteiger partial charge is 0.136 e. The monoisotopic (exact) mass is 428 g/mol. The zero-order valence-electron chi connectivity index (χ0n) is 18.3. The van der Waals surface area contributed by atoms with E-state index < -0.39 is 0 Å². The van der Waals surface area contributed by atoms with Crippen molar-refractivity contribution in [1.29, 1.82) is 5.26 Å². The normalized spacial score (nSPS) is 13.8. The summed E-state index contributed by atoms with van der Waals surface area (Å²) >= 11 is 2.02. The fourth-order valence-electron chi connectivity index (χ4n) is 4.14. The topological polar surface area (TPSA) is 52.8 Å². The Kier molecular flexibility index (Phi) is 6.89. The third-order valence-electron chi connectivity index (χ3n) is 5.67. The molecule has 0 unspecified atom stereocenters. The van der Waals surface area contributed by atoms with Gasteiger partial charge in [-0.2, -0.15) is 17.0 Å². The highest BCUT2D eigenvalue weighted by Crippen LogP contribution is 2.29. The number of hydrogen-bond acceptors (Lipinski definition) is 5. The lowest BCUT2D eigenvalue weighted by molar-refractivity contribution is 0.784. The van der Waals surface area contributed by atoms with E-state index in [0.717, 1.165) is 66.6 Å². The van der Waals surface area contributed by atoms with Crippen molar-refractivity contribution in [3.05, 3.63) is 76.7 Å². The predicted octanol–water partition coefficient (Wildman–Crippen LogP) is 5.42. The lowest BCUT2D eigenvalue weighted by atomic mass is 9.96. The van der Waals surface area contributed by atoms with E-state index in [1.165, 1.54) is 16.8 Å². The molecule has 158 valence electrons. The molecule has 0 bridgehead atoms. The summed E-state index contributed by atoms with van der Waals surface area (Å²) in [4.78, 5) is 12.2. The molecule has 1 saturated heterocycles. The Hall–Kier alpha value is -2.84. The number of thioether (sulfide) groups is 1. The second-order valence-electron chi connectivity index (χ2n) is 7.90. The molecule has 1 aliphatic heterocycles. The molecule has 1 aromatic heterocycles. The van der Waals surface area contributed by atoms with Gasteiger partial charge in [-0.25, -0.2) is 9.97 Å². The number of rotatable bonds is 6. The molecule has 2 heterocycles. The van der Waals surface area contributed by atoms with Crippen molar-refractivity contribution in [3.63, 3.8) is 0 Å². The van der Waals surface area contributed by atoms with E-state index in [1.54, 1.807) is 0 Å². The third-order valence-corrected chi connectivity index (χ3v) is 6.62. The van der Waals surface area contributed by atoms with E-state index in [2.05, 4.69) is 42.2 Å². The first-order valence-electron chi connectivity index (χ1n) is 11.0. The quantitative estimate of drug-likeness (QED) is 0.525. The molecule has 0 N–H and O–H groups in total. The largest absolute Gasteiger partial charge is 0.355 e. The molecule has 0 spiro atoms. The van der Waals surface area contributed by atoms with Gasteiger partial charge in [0.05, 0.1) is 11.6 Å². The minimum absolute atomic E-state index is 0.706. The van der Waals surface area contributed by atoms with Crippen LogP contribution < -0.4 is 4.90 Å². The number of benzene rings is 2. The molecule has 3 aromatic rings. The van der Waals surface area contributed by atoms with E-state index in [-0.39, 0.29) is 0 Å². The average Bonchev–Trinajstić information content (AvgIpc) is 2.82. The first kappa shape index (κ1) is 21.4. The van der Waals surface area contributed by atoms with Crippen molar-refractivity contribution in [2.24, 2.45) is 0 Å². The van der Waals surface area contributed by atoms with Gasteiger partial charge < -0.3 is 4.90 Å². The van der Waals surface area contributed by atoms with E-state index >= 15 is 0 Å². The van der Waals surface area contributed by atoms with Gasteiger partial charge in [-0.15, -0.1) is 0 Å². The van der Waals surface area contributed by atoms with Crippen LogP contribution in [0, 0.1) is 18.3 Å².